The summed E-state index contributed by atoms with van der Waals surface area (Å²) < 4.78 is 0. The number of carbonyl (C=O) groups excluding carboxylic acids is 2. The zero-order chi connectivity index (χ0) is 21.9. The molecule has 6 nitrogen and oxygen atoms in total. The molecule has 2 unspecified atom stereocenters. The second-order valence-corrected chi connectivity index (χ2v) is 7.35. The summed E-state index contributed by atoms with van der Waals surface area (Å²) in [7, 11) is 0. The second-order valence-electron chi connectivity index (χ2n) is 7.35. The van der Waals surface area contributed by atoms with Crippen molar-refractivity contribution in [2.24, 2.45) is 0 Å². The zero-order valence-corrected chi connectivity index (χ0v) is 20.1. The van der Waals surface area contributed by atoms with Crippen LogP contribution in [0.2, 0.25) is 0 Å². The topological polar surface area (TPSA) is 98.7 Å². The van der Waals surface area contributed by atoms with E-state index >= 15 is 0 Å². The van der Waals surface area contributed by atoms with E-state index in [9.17, 15) is 19.8 Å². The van der Waals surface area contributed by atoms with Crippen molar-refractivity contribution in [3.8, 4) is 0 Å². The minimum atomic E-state index is -0.956. The SMILES string of the molecule is CCC(C)(CO)N/C=C1/C=CC=CC1=O.CCC(C)(O)N/C=C1/C=CC=CC1=O.[Cu].[Cu]. The van der Waals surface area contributed by atoms with Crippen LogP contribution in [0.25, 0.3) is 0 Å². The van der Waals surface area contributed by atoms with Crippen LogP contribution in [0.5, 0.6) is 0 Å². The van der Waals surface area contributed by atoms with Crippen LogP contribution in [0.4, 0.5) is 0 Å². The van der Waals surface area contributed by atoms with Gasteiger partial charge in [-0.25, -0.2) is 0 Å². The van der Waals surface area contributed by atoms with Crippen LogP contribution in [0.3, 0.4) is 0 Å². The van der Waals surface area contributed by atoms with Gasteiger partial charge in [0.05, 0.1) is 12.1 Å². The first-order chi connectivity index (χ1) is 13.7. The number of aliphatic hydroxyl groups is 2. The molecule has 31 heavy (non-hydrogen) atoms. The number of nitrogens with one attached hydrogen (secondary N) is 2. The third-order valence-electron chi connectivity index (χ3n) is 4.77. The van der Waals surface area contributed by atoms with Crippen molar-refractivity contribution in [2.75, 3.05) is 6.61 Å². The van der Waals surface area contributed by atoms with Gasteiger partial charge >= 0.3 is 0 Å². The summed E-state index contributed by atoms with van der Waals surface area (Å²) in [6.45, 7) is 7.47. The number of rotatable bonds is 7. The molecule has 0 fully saturated rings. The summed E-state index contributed by atoms with van der Waals surface area (Å²) in [5.74, 6) is -0.0618. The molecule has 0 spiro atoms. The Kier molecular flexibility index (Phi) is 15.4. The fourth-order valence-corrected chi connectivity index (χ4v) is 2.05. The first kappa shape index (κ1) is 31.5. The van der Waals surface area contributed by atoms with E-state index in [0.29, 0.717) is 17.6 Å². The zero-order valence-electron chi connectivity index (χ0n) is 18.2. The third kappa shape index (κ3) is 11.5. The molecule has 0 aromatic carbocycles. The molecule has 0 saturated heterocycles. The Morgan fingerprint density at radius 2 is 1.23 bits per heavy atom. The Hall–Kier alpha value is -1.66. The normalized spacial score (nSPS) is 20.7. The van der Waals surface area contributed by atoms with E-state index in [4.69, 9.17) is 0 Å². The van der Waals surface area contributed by atoms with Crippen LogP contribution in [0.15, 0.2) is 72.2 Å². The molecule has 4 N–H and O–H groups in total. The molecule has 0 aliphatic heterocycles. The molecule has 2 aliphatic rings. The second kappa shape index (κ2) is 15.2. The maximum absolute atomic E-state index is 11.4. The van der Waals surface area contributed by atoms with Crippen LogP contribution < -0.4 is 10.6 Å². The fraction of sp³-hybridized carbons (Fsp3) is 0.391. The predicted octanol–water partition coefficient (Wildman–Crippen LogP) is 2.58. The molecule has 2 radical (unpaired) electrons. The van der Waals surface area contributed by atoms with Crippen LogP contribution in [0, 0.1) is 0 Å². The van der Waals surface area contributed by atoms with E-state index < -0.39 is 5.72 Å². The molecule has 2 atom stereocenters. The molecule has 0 saturated carbocycles. The quantitative estimate of drug-likeness (QED) is 0.231. The van der Waals surface area contributed by atoms with Gasteiger partial charge < -0.3 is 20.8 Å². The van der Waals surface area contributed by atoms with Crippen LogP contribution in [-0.4, -0.2) is 39.7 Å². The van der Waals surface area contributed by atoms with Crippen LogP contribution >= 0.6 is 0 Å². The average molecular weight is 528 g/mol. The minimum Gasteiger partial charge on any atom is -0.394 e. The van der Waals surface area contributed by atoms with Crippen molar-refractivity contribution in [1.29, 1.82) is 0 Å². The smallest absolute Gasteiger partial charge is 0.187 e. The monoisotopic (exact) mass is 526 g/mol. The maximum Gasteiger partial charge on any atom is 0.187 e. The van der Waals surface area contributed by atoms with E-state index in [1.165, 1.54) is 12.2 Å². The molecule has 8 heteroatoms. The standard InChI is InChI=1S/C12H17NO2.C11H15NO2.2Cu/c1-3-12(2,9-14)13-8-10-6-4-5-7-11(10)15;1-3-11(2,14)12-8-9-6-4-5-7-10(9)13;;/h4-8,13-14H,3,9H2,1-2H3;4-8,12,14H,3H2,1-2H3;;/b10-8-;9-8-;;. The van der Waals surface area contributed by atoms with Gasteiger partial charge in [-0.1, -0.05) is 38.2 Å². The van der Waals surface area contributed by atoms with Crippen molar-refractivity contribution in [3.63, 3.8) is 0 Å². The van der Waals surface area contributed by atoms with Gasteiger partial charge in [0, 0.05) is 57.7 Å². The van der Waals surface area contributed by atoms with Gasteiger partial charge in [-0.3, -0.25) is 9.59 Å². The number of hydrogen-bond donors (Lipinski definition) is 4. The van der Waals surface area contributed by atoms with Crippen molar-refractivity contribution >= 4 is 11.6 Å². The first-order valence-electron chi connectivity index (χ1n) is 9.73. The number of carbonyl (C=O) groups is 2. The predicted molar refractivity (Wildman–Crippen MR) is 116 cm³/mol. The Labute approximate surface area is 206 Å². The average Bonchev–Trinajstić information content (AvgIpc) is 2.73. The Balaban J connectivity index is 0. The number of hydrogen-bond acceptors (Lipinski definition) is 6. The molecule has 0 aromatic heterocycles. The summed E-state index contributed by atoms with van der Waals surface area (Å²) in [4.78, 5) is 22.7. The summed E-state index contributed by atoms with van der Waals surface area (Å²) in [5, 5.41) is 24.7. The summed E-state index contributed by atoms with van der Waals surface area (Å²) >= 11 is 0. The summed E-state index contributed by atoms with van der Waals surface area (Å²) in [6, 6.07) is 0. The minimum absolute atomic E-state index is 0. The van der Waals surface area contributed by atoms with Crippen molar-refractivity contribution in [2.45, 2.75) is 51.8 Å². The van der Waals surface area contributed by atoms with Gasteiger partial charge in [0.25, 0.3) is 0 Å². The van der Waals surface area contributed by atoms with Gasteiger partial charge in [0.2, 0.25) is 0 Å². The molecule has 180 valence electrons. The summed E-state index contributed by atoms with van der Waals surface area (Å²) in [6.07, 6.45) is 18.1. The maximum atomic E-state index is 11.4. The Bertz CT molecular complexity index is 774. The molecule has 0 heterocycles. The Morgan fingerprint density at radius 3 is 1.58 bits per heavy atom. The molecule has 2 aliphatic carbocycles. The molecule has 0 bridgehead atoms. The van der Waals surface area contributed by atoms with Gasteiger partial charge in [0.15, 0.2) is 11.6 Å². The van der Waals surface area contributed by atoms with E-state index in [1.54, 1.807) is 49.7 Å². The van der Waals surface area contributed by atoms with E-state index in [2.05, 4.69) is 10.6 Å². The van der Waals surface area contributed by atoms with Crippen molar-refractivity contribution in [3.05, 3.63) is 72.2 Å². The van der Waals surface area contributed by atoms with Gasteiger partial charge in [0.1, 0.15) is 5.72 Å². The number of ketones is 2. The molecule has 0 aromatic rings. The van der Waals surface area contributed by atoms with Crippen LogP contribution in [0.1, 0.15) is 40.5 Å². The number of aliphatic hydroxyl groups excluding tert-OH is 1. The summed E-state index contributed by atoms with van der Waals surface area (Å²) in [5.41, 5.74) is -0.142. The molecular formula is C23H32Cu2N2O4. The van der Waals surface area contributed by atoms with E-state index in [-0.39, 0.29) is 57.8 Å². The molecule has 0 amide bonds. The van der Waals surface area contributed by atoms with Gasteiger partial charge in [-0.2, -0.15) is 0 Å². The third-order valence-corrected chi connectivity index (χ3v) is 4.77. The first-order valence-corrected chi connectivity index (χ1v) is 9.73. The van der Waals surface area contributed by atoms with Gasteiger partial charge in [-0.15, -0.1) is 0 Å². The van der Waals surface area contributed by atoms with Crippen LogP contribution in [-0.2, 0) is 43.7 Å². The molecule has 2 rings (SSSR count). The molecular weight excluding hydrogens is 495 g/mol. The van der Waals surface area contributed by atoms with Crippen molar-refractivity contribution in [1.82, 2.24) is 10.6 Å². The number of allylic oxidation sites excluding steroid dienone is 10. The Morgan fingerprint density at radius 1 is 0.806 bits per heavy atom. The fourth-order valence-electron chi connectivity index (χ4n) is 2.05. The van der Waals surface area contributed by atoms with E-state index in [0.717, 1.165) is 6.42 Å². The largest absolute Gasteiger partial charge is 0.394 e. The van der Waals surface area contributed by atoms with E-state index in [1.807, 2.05) is 26.8 Å². The van der Waals surface area contributed by atoms with Gasteiger partial charge in [-0.05, 0) is 51.0 Å². The van der Waals surface area contributed by atoms with Crippen molar-refractivity contribution < 1.29 is 53.9 Å².